The van der Waals surface area contributed by atoms with Gasteiger partial charge in [0.15, 0.2) is 0 Å². The molecule has 1 aromatic carbocycles. The Bertz CT molecular complexity index is 286. The van der Waals surface area contributed by atoms with Crippen LogP contribution >= 0.6 is 27.7 Å². The first-order chi connectivity index (χ1) is 6.36. The summed E-state index contributed by atoms with van der Waals surface area (Å²) in [5.74, 6) is 2.54. The number of rotatable bonds is 3. The van der Waals surface area contributed by atoms with Gasteiger partial charge >= 0.3 is 0 Å². The van der Waals surface area contributed by atoms with E-state index in [1.165, 1.54) is 21.5 Å². The van der Waals surface area contributed by atoms with Crippen molar-refractivity contribution in [2.45, 2.75) is 12.6 Å². The van der Waals surface area contributed by atoms with Gasteiger partial charge in [-0.15, -0.1) is 0 Å². The molecule has 13 heavy (non-hydrogen) atoms. The minimum Gasteiger partial charge on any atom is -0.308 e. The molecule has 0 radical (unpaired) electrons. The van der Waals surface area contributed by atoms with E-state index < -0.39 is 0 Å². The number of nitrogens with one attached hydrogen (secondary N) is 1. The quantitative estimate of drug-likeness (QED) is 0.894. The topological polar surface area (TPSA) is 12.0 Å². The minimum atomic E-state index is 0.733. The van der Waals surface area contributed by atoms with E-state index in [1.807, 2.05) is 17.8 Å². The maximum absolute atomic E-state index is 3.54. The first-order valence-corrected chi connectivity index (χ1v) is 6.35. The number of thioether (sulfide) groups is 1. The molecule has 0 aromatic heterocycles. The van der Waals surface area contributed by atoms with Crippen LogP contribution in [0.4, 0.5) is 0 Å². The number of hydrogen-bond acceptors (Lipinski definition) is 2. The Kier molecular flexibility index (Phi) is 3.30. The highest BCUT2D eigenvalue weighted by Gasteiger charge is 2.16. The van der Waals surface area contributed by atoms with Crippen LogP contribution in [0.15, 0.2) is 28.7 Å². The van der Waals surface area contributed by atoms with Gasteiger partial charge in [-0.05, 0) is 11.6 Å². The van der Waals surface area contributed by atoms with E-state index in [-0.39, 0.29) is 0 Å². The van der Waals surface area contributed by atoms with Gasteiger partial charge in [-0.2, -0.15) is 11.8 Å². The summed E-state index contributed by atoms with van der Waals surface area (Å²) in [7, 11) is 0. The lowest BCUT2D eigenvalue weighted by atomic mass is 10.2. The molecular weight excluding hydrogens is 246 g/mol. The molecule has 1 nitrogen and oxygen atoms in total. The van der Waals surface area contributed by atoms with Gasteiger partial charge in [0.1, 0.15) is 0 Å². The van der Waals surface area contributed by atoms with Crippen molar-refractivity contribution in [1.82, 2.24) is 5.32 Å². The Hall–Kier alpha value is 0.01000. The second-order valence-electron chi connectivity index (χ2n) is 3.21. The molecule has 1 saturated heterocycles. The van der Waals surface area contributed by atoms with Crippen LogP contribution in [0.25, 0.3) is 0 Å². The molecule has 1 heterocycles. The molecule has 0 amide bonds. The molecule has 0 aliphatic carbocycles. The van der Waals surface area contributed by atoms with Crippen molar-refractivity contribution in [3.63, 3.8) is 0 Å². The van der Waals surface area contributed by atoms with Gasteiger partial charge < -0.3 is 5.32 Å². The lowest BCUT2D eigenvalue weighted by Gasteiger charge is -2.26. The summed E-state index contributed by atoms with van der Waals surface area (Å²) in [6, 6.07) is 9.11. The van der Waals surface area contributed by atoms with Crippen molar-refractivity contribution in [3.8, 4) is 0 Å². The zero-order valence-corrected chi connectivity index (χ0v) is 9.70. The summed E-state index contributed by atoms with van der Waals surface area (Å²) in [6.07, 6.45) is 0. The highest BCUT2D eigenvalue weighted by molar-refractivity contribution is 9.10. The smallest absolute Gasteiger partial charge is 0.0252 e. The Balaban J connectivity index is 1.89. The summed E-state index contributed by atoms with van der Waals surface area (Å²) < 4.78 is 1.20. The molecule has 1 fully saturated rings. The largest absolute Gasteiger partial charge is 0.308 e. The van der Waals surface area contributed by atoms with E-state index in [0.717, 1.165) is 12.6 Å². The van der Waals surface area contributed by atoms with Gasteiger partial charge in [0, 0.05) is 28.6 Å². The van der Waals surface area contributed by atoms with Gasteiger partial charge in [-0.1, -0.05) is 34.1 Å². The van der Waals surface area contributed by atoms with E-state index in [2.05, 4.69) is 39.4 Å². The van der Waals surface area contributed by atoms with Crippen LogP contribution in [-0.2, 0) is 6.54 Å². The van der Waals surface area contributed by atoms with Gasteiger partial charge in [0.2, 0.25) is 0 Å². The van der Waals surface area contributed by atoms with E-state index in [4.69, 9.17) is 0 Å². The summed E-state index contributed by atoms with van der Waals surface area (Å²) >= 11 is 5.55. The van der Waals surface area contributed by atoms with Crippen LogP contribution in [-0.4, -0.2) is 17.5 Å². The third-order valence-corrected chi connectivity index (χ3v) is 4.23. The van der Waals surface area contributed by atoms with Crippen LogP contribution in [0.2, 0.25) is 0 Å². The Morgan fingerprint density at radius 1 is 1.38 bits per heavy atom. The fourth-order valence-corrected chi connectivity index (χ4v) is 2.38. The van der Waals surface area contributed by atoms with Crippen molar-refractivity contribution in [1.29, 1.82) is 0 Å². The predicted octanol–water partition coefficient (Wildman–Crippen LogP) is 2.65. The molecule has 1 aromatic rings. The highest BCUT2D eigenvalue weighted by Crippen LogP contribution is 2.19. The zero-order valence-electron chi connectivity index (χ0n) is 7.29. The number of benzene rings is 1. The SMILES string of the molecule is Brc1ccccc1CNC1CSC1. The molecule has 0 unspecified atom stereocenters. The lowest BCUT2D eigenvalue weighted by Crippen LogP contribution is -2.39. The van der Waals surface area contributed by atoms with E-state index in [1.54, 1.807) is 0 Å². The highest BCUT2D eigenvalue weighted by atomic mass is 79.9. The van der Waals surface area contributed by atoms with Crippen LogP contribution in [0.5, 0.6) is 0 Å². The minimum absolute atomic E-state index is 0.733. The molecule has 0 spiro atoms. The second kappa shape index (κ2) is 4.49. The Morgan fingerprint density at radius 3 is 2.77 bits per heavy atom. The number of halogens is 1. The van der Waals surface area contributed by atoms with Crippen molar-refractivity contribution < 1.29 is 0 Å². The molecule has 2 rings (SSSR count). The number of hydrogen-bond donors (Lipinski definition) is 1. The van der Waals surface area contributed by atoms with Crippen LogP contribution in [0.3, 0.4) is 0 Å². The Labute approximate surface area is 91.4 Å². The van der Waals surface area contributed by atoms with E-state index in [0.29, 0.717) is 0 Å². The summed E-state index contributed by atoms with van der Waals surface area (Å²) in [5.41, 5.74) is 1.35. The van der Waals surface area contributed by atoms with Crippen LogP contribution < -0.4 is 5.32 Å². The van der Waals surface area contributed by atoms with Gasteiger partial charge in [0.05, 0.1) is 0 Å². The first kappa shape index (κ1) is 9.56. The average Bonchev–Trinajstić information content (AvgIpc) is 2.05. The van der Waals surface area contributed by atoms with Gasteiger partial charge in [0.25, 0.3) is 0 Å². The fraction of sp³-hybridized carbons (Fsp3) is 0.400. The van der Waals surface area contributed by atoms with Crippen molar-refractivity contribution in [3.05, 3.63) is 34.3 Å². The van der Waals surface area contributed by atoms with E-state index in [9.17, 15) is 0 Å². The van der Waals surface area contributed by atoms with Crippen molar-refractivity contribution in [2.24, 2.45) is 0 Å². The third kappa shape index (κ3) is 2.48. The molecule has 0 bridgehead atoms. The van der Waals surface area contributed by atoms with Crippen LogP contribution in [0, 0.1) is 0 Å². The van der Waals surface area contributed by atoms with Gasteiger partial charge in [-0.3, -0.25) is 0 Å². The molecule has 0 atom stereocenters. The van der Waals surface area contributed by atoms with E-state index >= 15 is 0 Å². The average molecular weight is 258 g/mol. The Morgan fingerprint density at radius 2 is 2.15 bits per heavy atom. The summed E-state index contributed by atoms with van der Waals surface area (Å²) in [4.78, 5) is 0. The van der Waals surface area contributed by atoms with Crippen LogP contribution in [0.1, 0.15) is 5.56 Å². The maximum atomic E-state index is 3.54. The van der Waals surface area contributed by atoms with Crippen molar-refractivity contribution in [2.75, 3.05) is 11.5 Å². The second-order valence-corrected chi connectivity index (χ2v) is 5.14. The third-order valence-electron chi connectivity index (χ3n) is 2.18. The fourth-order valence-electron chi connectivity index (χ4n) is 1.25. The zero-order chi connectivity index (χ0) is 9.10. The molecule has 70 valence electrons. The summed E-state index contributed by atoms with van der Waals surface area (Å²) in [6.45, 7) is 0.979. The lowest BCUT2D eigenvalue weighted by molar-refractivity contribution is 0.582. The van der Waals surface area contributed by atoms with Gasteiger partial charge in [-0.25, -0.2) is 0 Å². The molecule has 3 heteroatoms. The molecular formula is C10H12BrNS. The first-order valence-electron chi connectivity index (χ1n) is 4.41. The predicted molar refractivity (Wildman–Crippen MR) is 62.1 cm³/mol. The maximum Gasteiger partial charge on any atom is 0.0252 e. The molecule has 1 aliphatic heterocycles. The molecule has 0 saturated carbocycles. The van der Waals surface area contributed by atoms with Crippen molar-refractivity contribution >= 4 is 27.7 Å². The molecule has 1 N–H and O–H groups in total. The summed E-state index contributed by atoms with van der Waals surface area (Å²) in [5, 5.41) is 3.53. The molecule has 1 aliphatic rings. The normalized spacial score (nSPS) is 17.0. The monoisotopic (exact) mass is 257 g/mol. The standard InChI is InChI=1S/C10H12BrNS/c11-10-4-2-1-3-8(10)5-12-9-6-13-7-9/h1-4,9,12H,5-7H2.